The van der Waals surface area contributed by atoms with Gasteiger partial charge in [0.05, 0.1) is 0 Å². The van der Waals surface area contributed by atoms with Crippen molar-refractivity contribution in [3.63, 3.8) is 0 Å². The summed E-state index contributed by atoms with van der Waals surface area (Å²) in [6.45, 7) is 1.09. The van der Waals surface area contributed by atoms with E-state index in [9.17, 15) is 0 Å². The maximum absolute atomic E-state index is 3.67. The summed E-state index contributed by atoms with van der Waals surface area (Å²) in [5, 5.41) is 5.05. The Labute approximate surface area is 125 Å². The van der Waals surface area contributed by atoms with Crippen molar-refractivity contribution < 1.29 is 0 Å². The van der Waals surface area contributed by atoms with Gasteiger partial charge in [-0.1, -0.05) is 48.5 Å². The first-order valence-corrected chi connectivity index (χ1v) is 7.76. The van der Waals surface area contributed by atoms with Gasteiger partial charge >= 0.3 is 0 Å². The number of hydrogen-bond donors (Lipinski definition) is 2. The van der Waals surface area contributed by atoms with Crippen LogP contribution >= 0.6 is 0 Å². The van der Waals surface area contributed by atoms with Crippen LogP contribution in [0.25, 0.3) is 10.9 Å². The lowest BCUT2D eigenvalue weighted by molar-refractivity contribution is 0.371. The molecule has 2 heterocycles. The van der Waals surface area contributed by atoms with E-state index >= 15 is 0 Å². The first-order valence-electron chi connectivity index (χ1n) is 7.76. The van der Waals surface area contributed by atoms with Crippen molar-refractivity contribution >= 4 is 10.9 Å². The minimum absolute atomic E-state index is 0.471. The molecule has 3 aromatic rings. The number of benzene rings is 2. The Balaban J connectivity index is 1.64. The molecule has 0 bridgehead atoms. The molecule has 1 fully saturated rings. The summed E-state index contributed by atoms with van der Waals surface area (Å²) in [6.07, 6.45) is 4.60. The molecule has 1 saturated heterocycles. The molecule has 1 aromatic heterocycles. The summed E-state index contributed by atoms with van der Waals surface area (Å²) in [5.74, 6) is 0.632. The van der Waals surface area contributed by atoms with Crippen LogP contribution in [0.3, 0.4) is 0 Å². The fourth-order valence-electron chi connectivity index (χ4n) is 3.57. The Morgan fingerprint density at radius 1 is 0.905 bits per heavy atom. The third-order valence-electron chi connectivity index (χ3n) is 4.67. The fourth-order valence-corrected chi connectivity index (χ4v) is 3.57. The molecule has 1 aliphatic heterocycles. The molecular formula is C19H20N2. The lowest BCUT2D eigenvalue weighted by Crippen LogP contribution is -2.30. The Kier molecular flexibility index (Phi) is 3.24. The van der Waals surface area contributed by atoms with Crippen LogP contribution in [0.1, 0.15) is 35.9 Å². The molecule has 21 heavy (non-hydrogen) atoms. The van der Waals surface area contributed by atoms with Crippen molar-refractivity contribution in [1.82, 2.24) is 10.3 Å². The van der Waals surface area contributed by atoms with Gasteiger partial charge < -0.3 is 10.3 Å². The van der Waals surface area contributed by atoms with Gasteiger partial charge in [0.25, 0.3) is 0 Å². The molecule has 2 atom stereocenters. The van der Waals surface area contributed by atoms with Crippen molar-refractivity contribution in [1.29, 1.82) is 0 Å². The predicted octanol–water partition coefficient (Wildman–Crippen LogP) is 4.38. The highest BCUT2D eigenvalue weighted by molar-refractivity contribution is 5.83. The normalized spacial score (nSPS) is 22.5. The molecule has 2 N–H and O–H groups in total. The average molecular weight is 276 g/mol. The Morgan fingerprint density at radius 3 is 2.62 bits per heavy atom. The lowest BCUT2D eigenvalue weighted by Gasteiger charge is -2.30. The zero-order valence-corrected chi connectivity index (χ0v) is 12.0. The number of para-hydroxylation sites is 1. The molecule has 0 saturated carbocycles. The van der Waals surface area contributed by atoms with Crippen LogP contribution in [-0.4, -0.2) is 11.5 Å². The van der Waals surface area contributed by atoms with Gasteiger partial charge in [0.2, 0.25) is 0 Å². The third kappa shape index (κ3) is 2.36. The molecule has 1 aliphatic rings. The molecule has 0 radical (unpaired) electrons. The van der Waals surface area contributed by atoms with E-state index in [1.165, 1.54) is 34.9 Å². The van der Waals surface area contributed by atoms with Gasteiger partial charge in [-0.25, -0.2) is 0 Å². The Hall–Kier alpha value is -2.06. The van der Waals surface area contributed by atoms with Crippen LogP contribution in [0.15, 0.2) is 60.8 Å². The van der Waals surface area contributed by atoms with Crippen molar-refractivity contribution in [2.24, 2.45) is 0 Å². The van der Waals surface area contributed by atoms with E-state index in [1.54, 1.807) is 0 Å². The molecule has 106 valence electrons. The van der Waals surface area contributed by atoms with Gasteiger partial charge in [0.15, 0.2) is 0 Å². The van der Waals surface area contributed by atoms with E-state index in [0.29, 0.717) is 12.0 Å². The standard InChI is InChI=1S/C19H20N2/c1-2-6-14(7-3-1)19-12-15(10-11-20-19)17-13-21-18-9-5-4-8-16(17)18/h1-9,13,15,19-21H,10-12H2. The van der Waals surface area contributed by atoms with Gasteiger partial charge in [0.1, 0.15) is 0 Å². The molecule has 0 amide bonds. The van der Waals surface area contributed by atoms with E-state index in [-0.39, 0.29) is 0 Å². The maximum Gasteiger partial charge on any atom is 0.0456 e. The average Bonchev–Trinajstić information content (AvgIpc) is 3.00. The first kappa shape index (κ1) is 12.7. The van der Waals surface area contributed by atoms with Crippen LogP contribution in [0.2, 0.25) is 0 Å². The third-order valence-corrected chi connectivity index (χ3v) is 4.67. The molecule has 2 aromatic carbocycles. The zero-order chi connectivity index (χ0) is 14.1. The minimum atomic E-state index is 0.471. The van der Waals surface area contributed by atoms with E-state index in [0.717, 1.165) is 6.54 Å². The summed E-state index contributed by atoms with van der Waals surface area (Å²) in [6, 6.07) is 19.9. The minimum Gasteiger partial charge on any atom is -0.361 e. The molecule has 2 unspecified atom stereocenters. The number of fused-ring (bicyclic) bond motifs is 1. The highest BCUT2D eigenvalue weighted by atomic mass is 14.9. The smallest absolute Gasteiger partial charge is 0.0456 e. The summed E-state index contributed by atoms with van der Waals surface area (Å²) in [4.78, 5) is 3.42. The lowest BCUT2D eigenvalue weighted by atomic mass is 9.84. The fraction of sp³-hybridized carbons (Fsp3) is 0.263. The van der Waals surface area contributed by atoms with Gasteiger partial charge in [-0.2, -0.15) is 0 Å². The van der Waals surface area contributed by atoms with E-state index in [2.05, 4.69) is 71.1 Å². The van der Waals surface area contributed by atoms with Crippen molar-refractivity contribution in [2.45, 2.75) is 24.8 Å². The largest absolute Gasteiger partial charge is 0.361 e. The molecule has 4 rings (SSSR count). The van der Waals surface area contributed by atoms with E-state index < -0.39 is 0 Å². The number of piperidine rings is 1. The van der Waals surface area contributed by atoms with Crippen molar-refractivity contribution in [3.05, 3.63) is 71.9 Å². The second-order valence-corrected chi connectivity index (χ2v) is 5.93. The second kappa shape index (κ2) is 5.38. The summed E-state index contributed by atoms with van der Waals surface area (Å²) in [5.41, 5.74) is 4.14. The van der Waals surface area contributed by atoms with E-state index in [4.69, 9.17) is 0 Å². The SMILES string of the molecule is c1ccc(C2CC(c3c[nH]c4ccccc34)CCN2)cc1. The van der Waals surface area contributed by atoms with Crippen molar-refractivity contribution in [3.8, 4) is 0 Å². The van der Waals surface area contributed by atoms with Crippen LogP contribution < -0.4 is 5.32 Å². The zero-order valence-electron chi connectivity index (χ0n) is 12.0. The van der Waals surface area contributed by atoms with Gasteiger partial charge in [-0.05, 0) is 42.5 Å². The number of aromatic amines is 1. The second-order valence-electron chi connectivity index (χ2n) is 5.93. The number of H-pyrrole nitrogens is 1. The summed E-state index contributed by atoms with van der Waals surface area (Å²) < 4.78 is 0. The number of nitrogens with one attached hydrogen (secondary N) is 2. The van der Waals surface area contributed by atoms with Gasteiger partial charge in [0, 0.05) is 23.1 Å². The molecule has 0 aliphatic carbocycles. The van der Waals surface area contributed by atoms with Crippen LogP contribution in [0.5, 0.6) is 0 Å². The summed E-state index contributed by atoms with van der Waals surface area (Å²) in [7, 11) is 0. The Morgan fingerprint density at radius 2 is 1.71 bits per heavy atom. The maximum atomic E-state index is 3.67. The number of aromatic nitrogens is 1. The molecular weight excluding hydrogens is 256 g/mol. The topological polar surface area (TPSA) is 27.8 Å². The summed E-state index contributed by atoms with van der Waals surface area (Å²) >= 11 is 0. The number of rotatable bonds is 2. The number of hydrogen-bond acceptors (Lipinski definition) is 1. The van der Waals surface area contributed by atoms with Gasteiger partial charge in [-0.3, -0.25) is 0 Å². The molecule has 2 heteroatoms. The van der Waals surface area contributed by atoms with Crippen LogP contribution in [0, 0.1) is 0 Å². The van der Waals surface area contributed by atoms with Crippen LogP contribution in [0.4, 0.5) is 0 Å². The first-order chi connectivity index (χ1) is 10.4. The monoisotopic (exact) mass is 276 g/mol. The Bertz CT molecular complexity index is 729. The van der Waals surface area contributed by atoms with Crippen LogP contribution in [-0.2, 0) is 0 Å². The molecule has 2 nitrogen and oxygen atoms in total. The van der Waals surface area contributed by atoms with Gasteiger partial charge in [-0.15, -0.1) is 0 Å². The molecule has 0 spiro atoms. The highest BCUT2D eigenvalue weighted by Gasteiger charge is 2.25. The predicted molar refractivity (Wildman–Crippen MR) is 87.5 cm³/mol. The highest BCUT2D eigenvalue weighted by Crippen LogP contribution is 2.37. The van der Waals surface area contributed by atoms with Crippen molar-refractivity contribution in [2.75, 3.05) is 6.54 Å². The van der Waals surface area contributed by atoms with E-state index in [1.807, 2.05) is 0 Å². The quantitative estimate of drug-likeness (QED) is 0.714.